The van der Waals surface area contributed by atoms with Crippen LogP contribution in [0.2, 0.25) is 12.6 Å². The molecule has 6 atom stereocenters. The van der Waals surface area contributed by atoms with Crippen molar-refractivity contribution >= 4 is 32.3 Å². The Morgan fingerprint density at radius 2 is 1.66 bits per heavy atom. The van der Waals surface area contributed by atoms with Crippen LogP contribution in [0.1, 0.15) is 65.9 Å². The lowest BCUT2D eigenvalue weighted by atomic mass is 9.78. The first-order chi connectivity index (χ1) is 22.1. The van der Waals surface area contributed by atoms with Gasteiger partial charge in [-0.15, -0.1) is 0 Å². The summed E-state index contributed by atoms with van der Waals surface area (Å²) >= 11 is 0. The minimum atomic E-state index is -1.36. The van der Waals surface area contributed by atoms with E-state index in [1.807, 2.05) is 58.0 Å². The van der Waals surface area contributed by atoms with E-state index < -0.39 is 43.3 Å². The number of aliphatic hydroxyl groups excluding tert-OH is 1. The minimum Gasteiger partial charge on any atom is -0.480 e. The summed E-state index contributed by atoms with van der Waals surface area (Å²) in [6.45, 7) is 11.1. The molecule has 0 aliphatic carbocycles. The zero-order valence-corrected chi connectivity index (χ0v) is 28.5. The van der Waals surface area contributed by atoms with Crippen molar-refractivity contribution in [3.8, 4) is 0 Å². The summed E-state index contributed by atoms with van der Waals surface area (Å²) in [7, 11) is -0.264. The Labute approximate surface area is 278 Å². The Hall–Kier alpha value is -2.68. The van der Waals surface area contributed by atoms with Gasteiger partial charge in [0.15, 0.2) is 0 Å². The largest absolute Gasteiger partial charge is 0.480 e. The molecule has 3 aliphatic rings. The first-order valence-corrected chi connectivity index (χ1v) is 16.5. The van der Waals surface area contributed by atoms with E-state index in [1.54, 1.807) is 0 Å². The lowest BCUT2D eigenvalue weighted by Crippen LogP contribution is -2.44. The number of carbonyl (C=O) groups is 3. The lowest BCUT2D eigenvalue weighted by Gasteiger charge is -2.32. The van der Waals surface area contributed by atoms with Gasteiger partial charge in [-0.05, 0) is 70.6 Å². The third-order valence-corrected chi connectivity index (χ3v) is 9.85. The highest BCUT2D eigenvalue weighted by Gasteiger charge is 2.51. The molecule has 13 nitrogen and oxygen atoms in total. The standard InChI is InChI=1S/C24H36BNO6.C8H16BNO5/c1-17-15-26(22(28)30-16-18-11-8-7-9-12-18)20(21(27)29-6)19(17)13-10-14-25-31-23(2,3)24(4,5)32-25;11-6-4-10-7(8(12)13)5(6)2-1-3-9(14)15/h7-9,11-12,17,19-20H,10,13-16H2,1-6H3;5-7,10-11,14-15H,1-4H2,(H,12,13)/t17-,19-,20-;5-,6-,7-/m00/s1. The van der Waals surface area contributed by atoms with Crippen molar-refractivity contribution in [3.05, 3.63) is 35.9 Å². The highest BCUT2D eigenvalue weighted by Crippen LogP contribution is 2.40. The monoisotopic (exact) mass is 662 g/mol. The summed E-state index contributed by atoms with van der Waals surface area (Å²) in [5, 5.41) is 38.3. The number of methoxy groups -OCH3 is 1. The zero-order valence-electron chi connectivity index (χ0n) is 28.5. The molecule has 47 heavy (non-hydrogen) atoms. The fourth-order valence-corrected chi connectivity index (χ4v) is 6.50. The lowest BCUT2D eigenvalue weighted by molar-refractivity contribution is -0.147. The number of esters is 1. The molecule has 0 spiro atoms. The van der Waals surface area contributed by atoms with Crippen molar-refractivity contribution in [1.29, 1.82) is 0 Å². The van der Waals surface area contributed by atoms with E-state index in [4.69, 9.17) is 33.9 Å². The Kier molecular flexibility index (Phi) is 14.1. The number of rotatable bonds is 12. The molecule has 1 amide bonds. The second-order valence-corrected chi connectivity index (χ2v) is 13.8. The van der Waals surface area contributed by atoms with Crippen LogP contribution in [-0.2, 0) is 35.0 Å². The normalized spacial score (nSPS) is 27.6. The van der Waals surface area contributed by atoms with Crippen LogP contribution in [0, 0.1) is 17.8 Å². The van der Waals surface area contributed by atoms with Crippen LogP contribution in [0.4, 0.5) is 4.79 Å². The number of nitrogens with zero attached hydrogens (tertiary/aromatic N) is 1. The van der Waals surface area contributed by atoms with E-state index in [9.17, 15) is 19.5 Å². The second-order valence-electron chi connectivity index (χ2n) is 13.8. The van der Waals surface area contributed by atoms with Crippen LogP contribution < -0.4 is 5.32 Å². The van der Waals surface area contributed by atoms with Crippen LogP contribution in [0.5, 0.6) is 0 Å². The predicted octanol–water partition coefficient (Wildman–Crippen LogP) is 2.58. The number of carbonyl (C=O) groups excluding carboxylic acids is 2. The summed E-state index contributed by atoms with van der Waals surface area (Å²) in [5.74, 6) is -1.56. The molecule has 0 unspecified atom stereocenters. The van der Waals surface area contributed by atoms with Gasteiger partial charge >= 0.3 is 32.3 Å². The first kappa shape index (κ1) is 38.8. The van der Waals surface area contributed by atoms with E-state index >= 15 is 0 Å². The Morgan fingerprint density at radius 3 is 2.23 bits per heavy atom. The number of likely N-dealkylation sites (tertiary alicyclic amines) is 1. The molecule has 0 saturated carbocycles. The molecule has 0 bridgehead atoms. The van der Waals surface area contributed by atoms with Crippen molar-refractivity contribution in [2.24, 2.45) is 17.8 Å². The van der Waals surface area contributed by atoms with Gasteiger partial charge in [0.05, 0.1) is 24.4 Å². The number of aliphatic carboxylic acids is 1. The number of carboxylic acids is 1. The number of carboxylic acid groups (broad SMARTS) is 1. The van der Waals surface area contributed by atoms with Crippen LogP contribution in [0.25, 0.3) is 0 Å². The molecule has 3 fully saturated rings. The van der Waals surface area contributed by atoms with Crippen LogP contribution in [-0.4, -0.2) is 107 Å². The minimum absolute atomic E-state index is 0.00542. The molecule has 3 heterocycles. The number of β-amino-alcohol motifs (C(OH)–C–C–N with tert-alkyl or cyclic N) is 1. The van der Waals surface area contributed by atoms with Gasteiger partial charge in [0, 0.05) is 19.0 Å². The van der Waals surface area contributed by atoms with Crippen molar-refractivity contribution in [3.63, 3.8) is 0 Å². The number of hydrogen-bond acceptors (Lipinski definition) is 11. The molecule has 262 valence electrons. The predicted molar refractivity (Wildman–Crippen MR) is 175 cm³/mol. The molecule has 1 aromatic rings. The van der Waals surface area contributed by atoms with Crippen molar-refractivity contribution in [1.82, 2.24) is 10.2 Å². The summed E-state index contributed by atoms with van der Waals surface area (Å²) < 4.78 is 22.7. The van der Waals surface area contributed by atoms with E-state index in [0.29, 0.717) is 19.4 Å². The molecule has 3 aliphatic heterocycles. The average molecular weight is 662 g/mol. The van der Waals surface area contributed by atoms with Gasteiger partial charge in [0.25, 0.3) is 0 Å². The fourth-order valence-electron chi connectivity index (χ4n) is 6.50. The van der Waals surface area contributed by atoms with Crippen LogP contribution >= 0.6 is 0 Å². The van der Waals surface area contributed by atoms with Crippen LogP contribution in [0.15, 0.2) is 30.3 Å². The average Bonchev–Trinajstić information content (AvgIpc) is 3.61. The molecule has 1 aromatic carbocycles. The molecule has 3 saturated heterocycles. The van der Waals surface area contributed by atoms with E-state index in [-0.39, 0.29) is 55.5 Å². The van der Waals surface area contributed by atoms with Crippen molar-refractivity contribution in [2.45, 2.75) is 109 Å². The molecule has 5 N–H and O–H groups in total. The van der Waals surface area contributed by atoms with Crippen molar-refractivity contribution < 1.29 is 53.4 Å². The number of ether oxygens (including phenoxy) is 2. The summed E-state index contributed by atoms with van der Waals surface area (Å²) in [6, 6.07) is 8.14. The third-order valence-electron chi connectivity index (χ3n) is 9.85. The number of aliphatic hydroxyl groups is 1. The van der Waals surface area contributed by atoms with Gasteiger partial charge in [-0.2, -0.15) is 0 Å². The van der Waals surface area contributed by atoms with Gasteiger partial charge in [0.1, 0.15) is 18.7 Å². The third kappa shape index (κ3) is 10.4. The molecule has 15 heteroatoms. The van der Waals surface area contributed by atoms with Crippen LogP contribution in [0.3, 0.4) is 0 Å². The quantitative estimate of drug-likeness (QED) is 0.163. The summed E-state index contributed by atoms with van der Waals surface area (Å²) in [5.41, 5.74) is 0.194. The first-order valence-electron chi connectivity index (χ1n) is 16.5. The fraction of sp³-hybridized carbons (Fsp3) is 0.719. The Balaban J connectivity index is 0.000000335. The molecule has 0 aromatic heterocycles. The zero-order chi connectivity index (χ0) is 34.9. The maximum absolute atomic E-state index is 12.8. The summed E-state index contributed by atoms with van der Waals surface area (Å²) in [6.07, 6.45) is 2.36. The van der Waals surface area contributed by atoms with Gasteiger partial charge in [-0.1, -0.05) is 50.1 Å². The number of amides is 1. The highest BCUT2D eigenvalue weighted by atomic mass is 16.7. The van der Waals surface area contributed by atoms with Gasteiger partial charge in [0.2, 0.25) is 0 Å². The SMILES string of the molecule is COC(=O)[C@@H]1[C@@H](CCCB2OC(C)(C)C(C)(C)O2)[C@@H](C)CN1C(=O)OCc1ccccc1.O=C(O)[C@H]1NC[C@H](O)[C@@H]1CCCB(O)O. The number of hydrogen-bond donors (Lipinski definition) is 5. The smallest absolute Gasteiger partial charge is 0.457 e. The van der Waals surface area contributed by atoms with Gasteiger partial charge in [-0.25, -0.2) is 9.59 Å². The van der Waals surface area contributed by atoms with E-state index in [1.165, 1.54) is 12.0 Å². The van der Waals surface area contributed by atoms with Gasteiger partial charge in [-0.3, -0.25) is 9.69 Å². The number of nitrogens with one attached hydrogen (secondary N) is 1. The Bertz CT molecular complexity index is 1160. The second kappa shape index (κ2) is 17.1. The molecule has 0 radical (unpaired) electrons. The van der Waals surface area contributed by atoms with E-state index in [0.717, 1.165) is 24.7 Å². The molecule has 4 rings (SSSR count). The number of benzene rings is 1. The highest BCUT2D eigenvalue weighted by molar-refractivity contribution is 6.45. The molecular weight excluding hydrogens is 610 g/mol. The maximum atomic E-state index is 12.8. The topological polar surface area (TPSA) is 184 Å². The van der Waals surface area contributed by atoms with Gasteiger partial charge < -0.3 is 44.4 Å². The summed E-state index contributed by atoms with van der Waals surface area (Å²) in [4.78, 5) is 37.8. The maximum Gasteiger partial charge on any atom is 0.457 e. The van der Waals surface area contributed by atoms with Crippen molar-refractivity contribution in [2.75, 3.05) is 20.2 Å². The molecular formula is C32H52B2N2O11. The Morgan fingerprint density at radius 1 is 1.04 bits per heavy atom. The van der Waals surface area contributed by atoms with E-state index in [2.05, 4.69) is 12.2 Å².